The molecule has 0 fully saturated rings. The van der Waals surface area contributed by atoms with Crippen LogP contribution in [-0.2, 0) is 0 Å². The molecule has 0 bridgehead atoms. The summed E-state index contributed by atoms with van der Waals surface area (Å²) >= 11 is 1.75. The van der Waals surface area contributed by atoms with E-state index in [0.29, 0.717) is 5.58 Å². The lowest BCUT2D eigenvalue weighted by atomic mass is 10.1. The van der Waals surface area contributed by atoms with E-state index in [1.165, 1.54) is 26.2 Å². The van der Waals surface area contributed by atoms with Gasteiger partial charge in [-0.25, -0.2) is 4.79 Å². The van der Waals surface area contributed by atoms with Gasteiger partial charge in [-0.2, -0.15) is 0 Å². The van der Waals surface area contributed by atoms with Gasteiger partial charge in [0, 0.05) is 50.4 Å². The maximum atomic E-state index is 12.8. The van der Waals surface area contributed by atoms with Crippen molar-refractivity contribution in [2.75, 3.05) is 18.0 Å². The third kappa shape index (κ3) is 3.96. The SMILES string of the molecule is CCN(CC)c1ccc2cc(C(=O)/C=C/c3ccc4sc5ccccc5c4c3)c(=O)oc2c1. The van der Waals surface area contributed by atoms with Crippen LogP contribution in [0.3, 0.4) is 0 Å². The lowest BCUT2D eigenvalue weighted by Crippen LogP contribution is -2.21. The van der Waals surface area contributed by atoms with E-state index in [-0.39, 0.29) is 11.3 Å². The van der Waals surface area contributed by atoms with Crippen LogP contribution in [0.15, 0.2) is 82.0 Å². The van der Waals surface area contributed by atoms with Crippen LogP contribution in [0.4, 0.5) is 5.69 Å². The fourth-order valence-electron chi connectivity index (χ4n) is 4.17. The van der Waals surface area contributed by atoms with E-state index in [9.17, 15) is 9.59 Å². The summed E-state index contributed by atoms with van der Waals surface area (Å²) in [5, 5.41) is 3.10. The zero-order valence-corrected chi connectivity index (χ0v) is 19.3. The van der Waals surface area contributed by atoms with E-state index < -0.39 is 5.63 Å². The van der Waals surface area contributed by atoms with Crippen LogP contribution in [0.5, 0.6) is 0 Å². The molecule has 5 heteroatoms. The van der Waals surface area contributed by atoms with Gasteiger partial charge < -0.3 is 9.32 Å². The largest absolute Gasteiger partial charge is 0.422 e. The number of allylic oxidation sites excluding steroid dienone is 1. The zero-order chi connectivity index (χ0) is 22.9. The second-order valence-electron chi connectivity index (χ2n) is 7.89. The highest BCUT2D eigenvalue weighted by Gasteiger charge is 2.13. The summed E-state index contributed by atoms with van der Waals surface area (Å²) in [5.74, 6) is -0.367. The molecule has 0 aliphatic heterocycles. The maximum absolute atomic E-state index is 12.8. The third-order valence-electron chi connectivity index (χ3n) is 5.94. The Balaban J connectivity index is 1.46. The van der Waals surface area contributed by atoms with Gasteiger partial charge in [0.25, 0.3) is 0 Å². The quantitative estimate of drug-likeness (QED) is 0.159. The zero-order valence-electron chi connectivity index (χ0n) is 18.5. The van der Waals surface area contributed by atoms with Crippen LogP contribution in [0.2, 0.25) is 0 Å². The molecule has 4 nitrogen and oxygen atoms in total. The summed E-state index contributed by atoms with van der Waals surface area (Å²) in [4.78, 5) is 27.6. The molecule has 2 aromatic heterocycles. The molecule has 0 amide bonds. The van der Waals surface area contributed by atoms with Crippen LogP contribution in [-0.4, -0.2) is 18.9 Å². The average Bonchev–Trinajstić information content (AvgIpc) is 3.21. The van der Waals surface area contributed by atoms with Crippen molar-refractivity contribution in [3.05, 3.63) is 94.4 Å². The minimum Gasteiger partial charge on any atom is -0.422 e. The Hall–Kier alpha value is -3.70. The van der Waals surface area contributed by atoms with E-state index in [4.69, 9.17) is 4.42 Å². The molecule has 5 aromatic rings. The topological polar surface area (TPSA) is 50.5 Å². The van der Waals surface area contributed by atoms with Gasteiger partial charge in [0.05, 0.1) is 0 Å². The lowest BCUT2D eigenvalue weighted by Gasteiger charge is -2.20. The predicted molar refractivity (Wildman–Crippen MR) is 139 cm³/mol. The van der Waals surface area contributed by atoms with E-state index >= 15 is 0 Å². The molecule has 0 saturated carbocycles. The number of fused-ring (bicyclic) bond motifs is 4. The van der Waals surface area contributed by atoms with Gasteiger partial charge in [-0.15, -0.1) is 11.3 Å². The standard InChI is InChI=1S/C28H23NO3S/c1-3-29(4-2)20-12-11-19-16-23(28(31)32-25(19)17-20)24(30)13-9-18-10-14-27-22(15-18)21-7-5-6-8-26(21)33-27/h5-17H,3-4H2,1-2H3/b13-9+. The molecule has 164 valence electrons. The van der Waals surface area contributed by atoms with Gasteiger partial charge in [-0.3, -0.25) is 4.79 Å². The number of anilines is 1. The molecule has 0 radical (unpaired) electrons. The van der Waals surface area contributed by atoms with E-state index in [1.807, 2.05) is 36.4 Å². The third-order valence-corrected chi connectivity index (χ3v) is 7.09. The second kappa shape index (κ2) is 8.68. The highest BCUT2D eigenvalue weighted by Crippen LogP contribution is 2.34. The smallest absolute Gasteiger partial charge is 0.347 e. The first-order chi connectivity index (χ1) is 16.1. The highest BCUT2D eigenvalue weighted by molar-refractivity contribution is 7.25. The number of benzene rings is 3. The fraction of sp³-hybridized carbons (Fsp3) is 0.143. The van der Waals surface area contributed by atoms with Gasteiger partial charge in [-0.1, -0.05) is 30.3 Å². The molecule has 5 rings (SSSR count). The van der Waals surface area contributed by atoms with Crippen LogP contribution >= 0.6 is 11.3 Å². The Morgan fingerprint density at radius 2 is 1.73 bits per heavy atom. The molecule has 0 atom stereocenters. The molecule has 33 heavy (non-hydrogen) atoms. The molecule has 0 saturated heterocycles. The highest BCUT2D eigenvalue weighted by atomic mass is 32.1. The Labute approximate surface area is 195 Å². The molecule has 0 aliphatic rings. The number of carbonyl (C=O) groups excluding carboxylic acids is 1. The number of carbonyl (C=O) groups is 1. The van der Waals surface area contributed by atoms with Crippen molar-refractivity contribution in [1.29, 1.82) is 0 Å². The van der Waals surface area contributed by atoms with Gasteiger partial charge in [0.2, 0.25) is 0 Å². The summed E-state index contributed by atoms with van der Waals surface area (Å²) in [7, 11) is 0. The molecule has 0 N–H and O–H groups in total. The van der Waals surface area contributed by atoms with Crippen molar-refractivity contribution in [3.63, 3.8) is 0 Å². The molecule has 0 aliphatic carbocycles. The van der Waals surface area contributed by atoms with Crippen molar-refractivity contribution >= 4 is 60.0 Å². The van der Waals surface area contributed by atoms with Crippen molar-refractivity contribution in [3.8, 4) is 0 Å². The number of thiophene rings is 1. The van der Waals surface area contributed by atoms with Gasteiger partial charge in [0.15, 0.2) is 5.78 Å². The lowest BCUT2D eigenvalue weighted by molar-refractivity contribution is 0.104. The second-order valence-corrected chi connectivity index (χ2v) is 8.98. The van der Waals surface area contributed by atoms with E-state index in [2.05, 4.69) is 43.0 Å². The molecular weight excluding hydrogens is 430 g/mol. The average molecular weight is 454 g/mol. The van der Waals surface area contributed by atoms with Crippen molar-refractivity contribution < 1.29 is 9.21 Å². The molecule has 3 aromatic carbocycles. The molecule has 2 heterocycles. The number of nitrogens with zero attached hydrogens (tertiary/aromatic N) is 1. The van der Waals surface area contributed by atoms with Crippen LogP contribution in [0.1, 0.15) is 29.8 Å². The number of ketones is 1. The first-order valence-corrected chi connectivity index (χ1v) is 11.9. The minimum atomic E-state index is -0.617. The summed E-state index contributed by atoms with van der Waals surface area (Å²) in [6, 6.07) is 21.8. The van der Waals surface area contributed by atoms with E-state index in [1.54, 1.807) is 23.5 Å². The summed E-state index contributed by atoms with van der Waals surface area (Å²) in [6.07, 6.45) is 3.19. The summed E-state index contributed by atoms with van der Waals surface area (Å²) < 4.78 is 7.95. The van der Waals surface area contributed by atoms with Gasteiger partial charge in [0.1, 0.15) is 11.1 Å². The molecular formula is C28H23NO3S. The van der Waals surface area contributed by atoms with Crippen molar-refractivity contribution in [1.82, 2.24) is 0 Å². The Morgan fingerprint density at radius 1 is 0.939 bits per heavy atom. The van der Waals surface area contributed by atoms with Crippen LogP contribution in [0.25, 0.3) is 37.2 Å². The Kier molecular flexibility index (Phi) is 5.56. The van der Waals surface area contributed by atoms with Crippen molar-refractivity contribution in [2.45, 2.75) is 13.8 Å². The predicted octanol–water partition coefficient (Wildman–Crippen LogP) is 6.90. The normalized spacial score (nSPS) is 11.7. The first kappa shape index (κ1) is 21.2. The first-order valence-electron chi connectivity index (χ1n) is 11.0. The Morgan fingerprint density at radius 3 is 2.55 bits per heavy atom. The fourth-order valence-corrected chi connectivity index (χ4v) is 5.25. The maximum Gasteiger partial charge on any atom is 0.347 e. The summed E-state index contributed by atoms with van der Waals surface area (Å²) in [5.41, 5.74) is 1.81. The number of hydrogen-bond donors (Lipinski definition) is 0. The monoisotopic (exact) mass is 453 g/mol. The van der Waals surface area contributed by atoms with Crippen LogP contribution in [0, 0.1) is 0 Å². The van der Waals surface area contributed by atoms with Gasteiger partial charge in [-0.05, 0) is 61.9 Å². The summed E-state index contributed by atoms with van der Waals surface area (Å²) in [6.45, 7) is 5.88. The Bertz CT molecular complexity index is 1590. The van der Waals surface area contributed by atoms with Gasteiger partial charge >= 0.3 is 5.63 Å². The minimum absolute atomic E-state index is 0.0383. The van der Waals surface area contributed by atoms with E-state index in [0.717, 1.165) is 29.7 Å². The molecule has 0 unspecified atom stereocenters. The number of hydrogen-bond acceptors (Lipinski definition) is 5. The molecule has 0 spiro atoms. The number of rotatable bonds is 6. The van der Waals surface area contributed by atoms with Crippen LogP contribution < -0.4 is 10.5 Å². The van der Waals surface area contributed by atoms with Crippen molar-refractivity contribution in [2.24, 2.45) is 0 Å².